The molecule has 2 fully saturated rings. The summed E-state index contributed by atoms with van der Waals surface area (Å²) in [6, 6.07) is 4.44. The van der Waals surface area contributed by atoms with E-state index in [0.29, 0.717) is 17.7 Å². The van der Waals surface area contributed by atoms with Crippen LogP contribution in [0, 0.1) is 12.8 Å². The summed E-state index contributed by atoms with van der Waals surface area (Å²) in [6.45, 7) is 6.23. The first kappa shape index (κ1) is 15.3. The van der Waals surface area contributed by atoms with Crippen molar-refractivity contribution in [2.45, 2.75) is 38.6 Å². The van der Waals surface area contributed by atoms with Crippen molar-refractivity contribution < 1.29 is 5.11 Å². The van der Waals surface area contributed by atoms with Crippen molar-refractivity contribution in [2.24, 2.45) is 5.92 Å². The average molecular weight is 353 g/mol. The molecule has 4 heteroatoms. The molecule has 2 aliphatic rings. The molecule has 0 aromatic heterocycles. The number of halogens is 1. The Morgan fingerprint density at radius 3 is 2.57 bits per heavy atom. The van der Waals surface area contributed by atoms with Gasteiger partial charge in [-0.25, -0.2) is 0 Å². The summed E-state index contributed by atoms with van der Waals surface area (Å²) >= 11 is 3.69. The fraction of sp³-hybridized carbons (Fsp3) is 0.647. The molecule has 3 nitrogen and oxygen atoms in total. The zero-order valence-corrected chi connectivity index (χ0v) is 14.3. The van der Waals surface area contributed by atoms with Gasteiger partial charge >= 0.3 is 0 Å². The molecule has 1 aliphatic heterocycles. The van der Waals surface area contributed by atoms with Gasteiger partial charge in [-0.3, -0.25) is 4.90 Å². The standard InChI is InChI=1S/C17H25BrN2O/c1-12-6-7-14(18)15(17(12)21)16(13-4-2-3-5-13)20-10-8-19-9-11-20/h6-7,13,16,19,21H,2-5,8-11H2,1H3/t16-/m0/s1. The Kier molecular flexibility index (Phi) is 4.87. The van der Waals surface area contributed by atoms with Gasteiger partial charge in [-0.05, 0) is 37.3 Å². The van der Waals surface area contributed by atoms with Gasteiger partial charge in [-0.15, -0.1) is 0 Å². The van der Waals surface area contributed by atoms with Crippen LogP contribution in [0.4, 0.5) is 0 Å². The fourth-order valence-corrected chi connectivity index (χ4v) is 4.48. The number of aromatic hydroxyl groups is 1. The van der Waals surface area contributed by atoms with Gasteiger partial charge in [-0.1, -0.05) is 34.8 Å². The first-order valence-electron chi connectivity index (χ1n) is 8.11. The highest BCUT2D eigenvalue weighted by molar-refractivity contribution is 9.10. The van der Waals surface area contributed by atoms with E-state index in [1.165, 1.54) is 25.7 Å². The van der Waals surface area contributed by atoms with Crippen molar-refractivity contribution in [2.75, 3.05) is 26.2 Å². The van der Waals surface area contributed by atoms with E-state index in [1.807, 2.05) is 13.0 Å². The maximum atomic E-state index is 10.7. The molecular weight excluding hydrogens is 328 g/mol. The van der Waals surface area contributed by atoms with Crippen LogP contribution >= 0.6 is 15.9 Å². The Labute approximate surface area is 135 Å². The fourth-order valence-electron chi connectivity index (χ4n) is 3.92. The van der Waals surface area contributed by atoms with Crippen LogP contribution in [0.3, 0.4) is 0 Å². The van der Waals surface area contributed by atoms with Crippen molar-refractivity contribution in [3.05, 3.63) is 27.7 Å². The second-order valence-corrected chi connectivity index (χ2v) is 7.26. The molecular formula is C17H25BrN2O. The monoisotopic (exact) mass is 352 g/mol. The number of aryl methyl sites for hydroxylation is 1. The van der Waals surface area contributed by atoms with E-state index in [1.54, 1.807) is 0 Å². The highest BCUT2D eigenvalue weighted by Crippen LogP contribution is 2.46. The van der Waals surface area contributed by atoms with E-state index in [-0.39, 0.29) is 0 Å². The first-order chi connectivity index (χ1) is 10.2. The minimum atomic E-state index is 0.351. The van der Waals surface area contributed by atoms with Crippen molar-refractivity contribution in [3.8, 4) is 5.75 Å². The summed E-state index contributed by atoms with van der Waals surface area (Å²) in [5.74, 6) is 1.16. The molecule has 0 unspecified atom stereocenters. The van der Waals surface area contributed by atoms with E-state index in [9.17, 15) is 5.11 Å². The predicted molar refractivity (Wildman–Crippen MR) is 89.7 cm³/mol. The smallest absolute Gasteiger partial charge is 0.124 e. The lowest BCUT2D eigenvalue weighted by Gasteiger charge is -2.39. The van der Waals surface area contributed by atoms with E-state index in [0.717, 1.165) is 41.8 Å². The number of hydrogen-bond acceptors (Lipinski definition) is 3. The summed E-state index contributed by atoms with van der Waals surface area (Å²) in [5, 5.41) is 14.1. The molecule has 0 bridgehead atoms. The quantitative estimate of drug-likeness (QED) is 0.872. The second kappa shape index (κ2) is 6.67. The van der Waals surface area contributed by atoms with Crippen molar-refractivity contribution >= 4 is 15.9 Å². The van der Waals surface area contributed by atoms with E-state index >= 15 is 0 Å². The number of phenolic OH excluding ortho intramolecular Hbond substituents is 1. The molecule has 116 valence electrons. The summed E-state index contributed by atoms with van der Waals surface area (Å²) in [4.78, 5) is 2.58. The molecule has 1 atom stereocenters. The normalized spacial score (nSPS) is 22.6. The lowest BCUT2D eigenvalue weighted by Crippen LogP contribution is -2.46. The molecule has 0 amide bonds. The van der Waals surface area contributed by atoms with Gasteiger partial charge in [0, 0.05) is 42.3 Å². The third-order valence-corrected chi connectivity index (χ3v) is 5.74. The number of rotatable bonds is 3. The molecule has 1 saturated carbocycles. The Hall–Kier alpha value is -0.580. The lowest BCUT2D eigenvalue weighted by atomic mass is 9.88. The Bertz CT molecular complexity index is 494. The number of benzene rings is 1. The second-order valence-electron chi connectivity index (χ2n) is 6.40. The van der Waals surface area contributed by atoms with Gasteiger partial charge in [0.25, 0.3) is 0 Å². The largest absolute Gasteiger partial charge is 0.507 e. The lowest BCUT2D eigenvalue weighted by molar-refractivity contribution is 0.122. The number of nitrogens with one attached hydrogen (secondary N) is 1. The van der Waals surface area contributed by atoms with Gasteiger partial charge in [-0.2, -0.15) is 0 Å². The van der Waals surface area contributed by atoms with Crippen LogP contribution in [-0.2, 0) is 0 Å². The summed E-state index contributed by atoms with van der Waals surface area (Å²) in [5.41, 5.74) is 2.09. The van der Waals surface area contributed by atoms with Crippen LogP contribution in [0.5, 0.6) is 5.75 Å². The highest BCUT2D eigenvalue weighted by atomic mass is 79.9. The van der Waals surface area contributed by atoms with Gasteiger partial charge in [0.15, 0.2) is 0 Å². The van der Waals surface area contributed by atoms with Crippen LogP contribution in [0.25, 0.3) is 0 Å². The molecule has 3 rings (SSSR count). The maximum absolute atomic E-state index is 10.7. The molecule has 21 heavy (non-hydrogen) atoms. The van der Waals surface area contributed by atoms with E-state index in [4.69, 9.17) is 0 Å². The van der Waals surface area contributed by atoms with Gasteiger partial charge in [0.05, 0.1) is 0 Å². The molecule has 1 aliphatic carbocycles. The molecule has 1 aromatic carbocycles. The van der Waals surface area contributed by atoms with Crippen LogP contribution in [0.15, 0.2) is 16.6 Å². The summed E-state index contributed by atoms with van der Waals surface area (Å²) in [6.07, 6.45) is 5.23. The van der Waals surface area contributed by atoms with Crippen molar-refractivity contribution in [3.63, 3.8) is 0 Å². The zero-order valence-electron chi connectivity index (χ0n) is 12.7. The molecule has 1 saturated heterocycles. The van der Waals surface area contributed by atoms with E-state index in [2.05, 4.69) is 32.2 Å². The SMILES string of the molecule is Cc1ccc(Br)c([C@H](C2CCCC2)N2CCNCC2)c1O. The number of phenols is 1. The molecule has 2 N–H and O–H groups in total. The molecule has 0 spiro atoms. The minimum Gasteiger partial charge on any atom is -0.507 e. The Balaban J connectivity index is 1.99. The van der Waals surface area contributed by atoms with Crippen molar-refractivity contribution in [1.82, 2.24) is 10.2 Å². The molecule has 1 heterocycles. The first-order valence-corrected chi connectivity index (χ1v) is 8.90. The molecule has 1 aromatic rings. The molecule has 0 radical (unpaired) electrons. The number of hydrogen-bond donors (Lipinski definition) is 2. The van der Waals surface area contributed by atoms with Crippen molar-refractivity contribution in [1.29, 1.82) is 0 Å². The van der Waals surface area contributed by atoms with E-state index < -0.39 is 0 Å². The summed E-state index contributed by atoms with van der Waals surface area (Å²) in [7, 11) is 0. The Morgan fingerprint density at radius 2 is 1.90 bits per heavy atom. The third-order valence-electron chi connectivity index (χ3n) is 5.05. The minimum absolute atomic E-state index is 0.351. The van der Waals surface area contributed by atoms with Crippen LogP contribution in [-0.4, -0.2) is 36.2 Å². The topological polar surface area (TPSA) is 35.5 Å². The van der Waals surface area contributed by atoms with Gasteiger partial charge < -0.3 is 10.4 Å². The number of nitrogens with zero attached hydrogens (tertiary/aromatic N) is 1. The Morgan fingerprint density at radius 1 is 1.24 bits per heavy atom. The maximum Gasteiger partial charge on any atom is 0.124 e. The van der Waals surface area contributed by atoms with Crippen LogP contribution < -0.4 is 5.32 Å². The average Bonchev–Trinajstić information content (AvgIpc) is 3.02. The number of piperazine rings is 1. The highest BCUT2D eigenvalue weighted by Gasteiger charge is 2.34. The summed E-state index contributed by atoms with van der Waals surface area (Å²) < 4.78 is 1.06. The third kappa shape index (κ3) is 3.13. The van der Waals surface area contributed by atoms with Crippen LogP contribution in [0.1, 0.15) is 42.9 Å². The zero-order chi connectivity index (χ0) is 14.8. The van der Waals surface area contributed by atoms with Gasteiger partial charge in [0.2, 0.25) is 0 Å². The van der Waals surface area contributed by atoms with Crippen LogP contribution in [0.2, 0.25) is 0 Å². The predicted octanol–water partition coefficient (Wildman–Crippen LogP) is 3.60. The van der Waals surface area contributed by atoms with Gasteiger partial charge in [0.1, 0.15) is 5.75 Å².